The fourth-order valence-corrected chi connectivity index (χ4v) is 4.94. The Morgan fingerprint density at radius 2 is 1.83 bits per heavy atom. The highest BCUT2D eigenvalue weighted by atomic mass is 32.2. The van der Waals surface area contributed by atoms with E-state index in [4.69, 9.17) is 5.41 Å². The maximum atomic E-state index is 9.85. The van der Waals surface area contributed by atoms with Crippen LogP contribution in [-0.2, 0) is 0 Å². The van der Waals surface area contributed by atoms with E-state index < -0.39 is 11.3 Å². The van der Waals surface area contributed by atoms with Crippen LogP contribution in [0.5, 0.6) is 0 Å². The van der Waals surface area contributed by atoms with E-state index in [1.807, 2.05) is 31.2 Å². The van der Waals surface area contributed by atoms with Crippen LogP contribution < -0.4 is 0 Å². The van der Waals surface area contributed by atoms with Crippen LogP contribution in [0.25, 0.3) is 0 Å². The van der Waals surface area contributed by atoms with Crippen molar-refractivity contribution in [3.05, 3.63) is 46.5 Å². The fraction of sp³-hybridized carbons (Fsp3) is 0.368. The molecule has 118 valence electrons. The summed E-state index contributed by atoms with van der Waals surface area (Å²) in [6.07, 6.45) is 0.746. The molecule has 0 aromatic heterocycles. The van der Waals surface area contributed by atoms with Gasteiger partial charge in [-0.3, -0.25) is 0 Å². The number of rotatable bonds is 1. The normalized spacial score (nSPS) is 25.2. The molecule has 1 N–H and O–H groups in total. The van der Waals surface area contributed by atoms with Gasteiger partial charge in [-0.05, 0) is 30.2 Å². The third-order valence-electron chi connectivity index (χ3n) is 5.00. The maximum absolute atomic E-state index is 9.85. The molecule has 3 rings (SSSR count). The number of benzene rings is 1. The molecular weight excluding hydrogens is 316 g/mol. The van der Waals surface area contributed by atoms with Gasteiger partial charge in [-0.2, -0.15) is 27.5 Å². The van der Waals surface area contributed by atoms with Gasteiger partial charge in [-0.1, -0.05) is 29.8 Å². The summed E-state index contributed by atoms with van der Waals surface area (Å²) >= 11 is 1.78. The van der Waals surface area contributed by atoms with Crippen LogP contribution >= 0.6 is 11.8 Å². The number of allylic oxidation sites excluding steroid dienone is 2. The van der Waals surface area contributed by atoms with Crippen LogP contribution in [0.1, 0.15) is 23.5 Å². The lowest BCUT2D eigenvalue weighted by Gasteiger charge is -2.43. The van der Waals surface area contributed by atoms with E-state index in [1.54, 1.807) is 11.8 Å². The van der Waals surface area contributed by atoms with Crippen molar-refractivity contribution in [1.82, 2.24) is 0 Å². The first-order chi connectivity index (χ1) is 11.6. The lowest BCUT2D eigenvalue weighted by Crippen LogP contribution is -2.45. The molecule has 0 bridgehead atoms. The Labute approximate surface area is 145 Å². The second-order valence-corrected chi connectivity index (χ2v) is 7.39. The first-order valence-electron chi connectivity index (χ1n) is 7.78. The van der Waals surface area contributed by atoms with Crippen molar-refractivity contribution in [2.75, 3.05) is 11.5 Å². The van der Waals surface area contributed by atoms with Gasteiger partial charge in [0.1, 0.15) is 6.07 Å². The van der Waals surface area contributed by atoms with Crippen LogP contribution in [0.3, 0.4) is 0 Å². The molecule has 1 aliphatic heterocycles. The monoisotopic (exact) mass is 332 g/mol. The van der Waals surface area contributed by atoms with Crippen LogP contribution in [0, 0.1) is 57.7 Å². The van der Waals surface area contributed by atoms with E-state index in [-0.39, 0.29) is 17.2 Å². The average Bonchev–Trinajstić information content (AvgIpc) is 2.62. The largest absolute Gasteiger partial charge is 0.301 e. The predicted octanol–water partition coefficient (Wildman–Crippen LogP) is 3.72. The number of thioether (sulfide) groups is 1. The summed E-state index contributed by atoms with van der Waals surface area (Å²) < 4.78 is 0. The number of hydrogen-bond donors (Lipinski definition) is 1. The number of hydrogen-bond acceptors (Lipinski definition) is 5. The first kappa shape index (κ1) is 16.3. The van der Waals surface area contributed by atoms with Gasteiger partial charge in [-0.25, -0.2) is 0 Å². The van der Waals surface area contributed by atoms with Gasteiger partial charge >= 0.3 is 0 Å². The van der Waals surface area contributed by atoms with Crippen molar-refractivity contribution in [2.45, 2.75) is 19.3 Å². The topological polar surface area (TPSA) is 95.2 Å². The van der Waals surface area contributed by atoms with Crippen LogP contribution in [0.15, 0.2) is 35.4 Å². The molecule has 1 saturated heterocycles. The Morgan fingerprint density at radius 3 is 2.42 bits per heavy atom. The van der Waals surface area contributed by atoms with E-state index in [0.29, 0.717) is 0 Å². The van der Waals surface area contributed by atoms with E-state index in [9.17, 15) is 15.8 Å². The minimum atomic E-state index is -1.60. The quantitative estimate of drug-likeness (QED) is 0.847. The highest BCUT2D eigenvalue weighted by Gasteiger charge is 2.54. The Hall–Kier alpha value is -2.55. The molecule has 0 saturated carbocycles. The van der Waals surface area contributed by atoms with Gasteiger partial charge in [0.15, 0.2) is 5.41 Å². The molecule has 2 aliphatic rings. The summed E-state index contributed by atoms with van der Waals surface area (Å²) in [4.78, 5) is 0. The van der Waals surface area contributed by atoms with Crippen molar-refractivity contribution in [3.63, 3.8) is 0 Å². The van der Waals surface area contributed by atoms with Crippen LogP contribution in [0.4, 0.5) is 0 Å². The molecule has 0 amide bonds. The lowest BCUT2D eigenvalue weighted by molar-refractivity contribution is 0.403. The van der Waals surface area contributed by atoms with E-state index in [0.717, 1.165) is 34.6 Å². The van der Waals surface area contributed by atoms with Crippen molar-refractivity contribution >= 4 is 17.5 Å². The molecule has 1 heterocycles. The zero-order valence-electron chi connectivity index (χ0n) is 13.3. The number of aryl methyl sites for hydroxylation is 1. The Kier molecular flexibility index (Phi) is 4.18. The van der Waals surface area contributed by atoms with Gasteiger partial charge < -0.3 is 5.41 Å². The summed E-state index contributed by atoms with van der Waals surface area (Å²) in [5.41, 5.74) is 1.48. The van der Waals surface area contributed by atoms with Gasteiger partial charge in [0.25, 0.3) is 0 Å². The summed E-state index contributed by atoms with van der Waals surface area (Å²) in [5, 5.41) is 37.7. The maximum Gasteiger partial charge on any atom is 0.193 e. The number of fused-ring (bicyclic) bond motifs is 1. The highest BCUT2D eigenvalue weighted by Crippen LogP contribution is 2.53. The molecule has 2 atom stereocenters. The number of nitriles is 3. The summed E-state index contributed by atoms with van der Waals surface area (Å²) in [7, 11) is 0. The lowest BCUT2D eigenvalue weighted by atomic mass is 9.58. The second-order valence-electron chi connectivity index (χ2n) is 6.24. The molecule has 4 nitrogen and oxygen atoms in total. The Balaban J connectivity index is 2.28. The van der Waals surface area contributed by atoms with Crippen molar-refractivity contribution in [3.8, 4) is 18.2 Å². The summed E-state index contributed by atoms with van der Waals surface area (Å²) in [5.74, 6) is 1.24. The zero-order valence-corrected chi connectivity index (χ0v) is 14.2. The van der Waals surface area contributed by atoms with E-state index in [1.165, 1.54) is 0 Å². The van der Waals surface area contributed by atoms with E-state index >= 15 is 0 Å². The molecule has 0 radical (unpaired) electrons. The minimum Gasteiger partial charge on any atom is -0.301 e. The third kappa shape index (κ3) is 2.23. The van der Waals surface area contributed by atoms with Crippen molar-refractivity contribution in [1.29, 1.82) is 21.2 Å². The van der Waals surface area contributed by atoms with Gasteiger partial charge in [0.2, 0.25) is 0 Å². The standard InChI is InChI=1S/C19H16N4S/c1-12-2-4-13(5-3-12)17-16-9-24-7-6-14(16)15(8-20)18(23)19(17,10-21)11-22/h2-5,16-17,23H,6-7,9H2,1H3. The second kappa shape index (κ2) is 6.16. The van der Waals surface area contributed by atoms with Crippen molar-refractivity contribution < 1.29 is 0 Å². The highest BCUT2D eigenvalue weighted by molar-refractivity contribution is 7.99. The Bertz CT molecular complexity index is 831. The molecule has 2 unspecified atom stereocenters. The van der Waals surface area contributed by atoms with Gasteiger partial charge in [0.05, 0.1) is 23.4 Å². The molecule has 1 fully saturated rings. The van der Waals surface area contributed by atoms with Crippen LogP contribution in [0.2, 0.25) is 0 Å². The molecule has 24 heavy (non-hydrogen) atoms. The number of nitrogens with one attached hydrogen (secondary N) is 1. The third-order valence-corrected chi connectivity index (χ3v) is 6.08. The smallest absolute Gasteiger partial charge is 0.193 e. The van der Waals surface area contributed by atoms with Crippen LogP contribution in [-0.4, -0.2) is 17.2 Å². The molecule has 1 aromatic rings. The molecule has 5 heteroatoms. The summed E-state index contributed by atoms with van der Waals surface area (Å²) in [6.45, 7) is 1.99. The SMILES string of the molecule is Cc1ccc(C2C3CSCCC3=C(C#N)C(=N)C2(C#N)C#N)cc1. The molecule has 1 aliphatic carbocycles. The van der Waals surface area contributed by atoms with Gasteiger partial charge in [0, 0.05) is 17.6 Å². The minimum absolute atomic E-state index is 0.0468. The average molecular weight is 332 g/mol. The number of nitrogens with zero attached hydrogens (tertiary/aromatic N) is 3. The summed E-state index contributed by atoms with van der Waals surface area (Å²) in [6, 6.07) is 14.1. The zero-order chi connectivity index (χ0) is 17.3. The van der Waals surface area contributed by atoms with Crippen molar-refractivity contribution in [2.24, 2.45) is 11.3 Å². The van der Waals surface area contributed by atoms with Gasteiger partial charge in [-0.15, -0.1) is 0 Å². The molecule has 0 spiro atoms. The molecular formula is C19H16N4S. The molecule has 1 aromatic carbocycles. The Morgan fingerprint density at radius 1 is 1.17 bits per heavy atom. The predicted molar refractivity (Wildman–Crippen MR) is 93.4 cm³/mol. The van der Waals surface area contributed by atoms with E-state index in [2.05, 4.69) is 18.2 Å². The fourth-order valence-electron chi connectivity index (χ4n) is 3.76. The first-order valence-corrected chi connectivity index (χ1v) is 8.94.